The van der Waals surface area contributed by atoms with E-state index in [9.17, 15) is 0 Å². The molecule has 26 heavy (non-hydrogen) atoms. The van der Waals surface area contributed by atoms with Gasteiger partial charge in [-0.05, 0) is 84.6 Å². The van der Waals surface area contributed by atoms with Gasteiger partial charge in [0.25, 0.3) is 0 Å². The third-order valence-corrected chi connectivity index (χ3v) is 6.17. The Balaban J connectivity index is 2.11. The molecule has 2 heteroatoms. The summed E-state index contributed by atoms with van der Waals surface area (Å²) >= 11 is 0. The average molecular weight is 351 g/mol. The molecular formula is C24H34N2. The Morgan fingerprint density at radius 1 is 0.538 bits per heavy atom. The van der Waals surface area contributed by atoms with E-state index in [0.717, 1.165) is 0 Å². The van der Waals surface area contributed by atoms with E-state index < -0.39 is 0 Å². The summed E-state index contributed by atoms with van der Waals surface area (Å²) < 4.78 is 0. The van der Waals surface area contributed by atoms with Crippen molar-refractivity contribution in [3.63, 3.8) is 0 Å². The highest BCUT2D eigenvalue weighted by Gasteiger charge is 2.42. The first kappa shape index (κ1) is 18.8. The molecule has 0 aromatic heterocycles. The number of benzene rings is 2. The molecule has 0 N–H and O–H groups in total. The minimum atomic E-state index is 0.334. The molecule has 1 heterocycles. The van der Waals surface area contributed by atoms with Crippen LogP contribution in [0.4, 0.5) is 11.4 Å². The molecule has 3 rings (SSSR count). The van der Waals surface area contributed by atoms with Gasteiger partial charge < -0.3 is 9.80 Å². The molecule has 0 amide bonds. The fourth-order valence-corrected chi connectivity index (χ4v) is 5.22. The van der Waals surface area contributed by atoms with E-state index in [1.54, 1.807) is 0 Å². The van der Waals surface area contributed by atoms with Crippen molar-refractivity contribution in [1.29, 1.82) is 0 Å². The van der Waals surface area contributed by atoms with Crippen molar-refractivity contribution >= 4 is 11.4 Å². The van der Waals surface area contributed by atoms with Crippen LogP contribution in [0.3, 0.4) is 0 Å². The van der Waals surface area contributed by atoms with Crippen LogP contribution in [-0.2, 0) is 0 Å². The summed E-state index contributed by atoms with van der Waals surface area (Å²) in [6.45, 7) is 20.5. The van der Waals surface area contributed by atoms with Crippen LogP contribution in [0.15, 0.2) is 24.3 Å². The Hall–Kier alpha value is -1.96. The number of anilines is 2. The summed E-state index contributed by atoms with van der Waals surface area (Å²) in [5.74, 6) is 0. The molecule has 2 aromatic rings. The highest BCUT2D eigenvalue weighted by atomic mass is 15.5. The quantitative estimate of drug-likeness (QED) is 0.656. The predicted octanol–water partition coefficient (Wildman–Crippen LogP) is 5.99. The normalized spacial score (nSPS) is 21.0. The van der Waals surface area contributed by atoms with Crippen LogP contribution in [0.1, 0.15) is 54.2 Å². The molecule has 0 radical (unpaired) electrons. The van der Waals surface area contributed by atoms with Gasteiger partial charge in [-0.15, -0.1) is 0 Å². The van der Waals surface area contributed by atoms with Crippen molar-refractivity contribution in [2.45, 2.75) is 80.6 Å². The Morgan fingerprint density at radius 2 is 0.808 bits per heavy atom. The third kappa shape index (κ3) is 2.90. The van der Waals surface area contributed by atoms with E-state index in [0.29, 0.717) is 18.2 Å². The number of aryl methyl sites for hydroxylation is 6. The number of nitrogens with zero attached hydrogens (tertiary/aromatic N) is 2. The maximum Gasteiger partial charge on any atom is 0.0994 e. The zero-order valence-electron chi connectivity index (χ0n) is 17.9. The number of hydrogen-bond acceptors (Lipinski definition) is 2. The van der Waals surface area contributed by atoms with Gasteiger partial charge in [-0.2, -0.15) is 0 Å². The van der Waals surface area contributed by atoms with Crippen molar-refractivity contribution in [2.75, 3.05) is 9.80 Å². The summed E-state index contributed by atoms with van der Waals surface area (Å²) in [7, 11) is 0. The molecule has 1 aliphatic heterocycles. The van der Waals surface area contributed by atoms with E-state index in [2.05, 4.69) is 96.4 Å². The standard InChI is InChI=1S/C24H34N2/c1-14-10-16(3)23(17(4)11-14)25-20(7)21(8)26(22(25)9)24-18(5)12-15(2)13-19(24)6/h10-13,20-22H,1-9H3/t20-,21-/m1/s1. The van der Waals surface area contributed by atoms with Crippen molar-refractivity contribution in [3.05, 3.63) is 57.6 Å². The van der Waals surface area contributed by atoms with Crippen LogP contribution in [0, 0.1) is 41.5 Å². The Labute approximate surface area is 159 Å². The maximum atomic E-state index is 2.63. The molecule has 0 spiro atoms. The minimum absolute atomic E-state index is 0.334. The first-order valence-corrected chi connectivity index (χ1v) is 9.85. The SMILES string of the molecule is Cc1cc(C)c(N2C(C)N(c3c(C)cc(C)cc3C)[C@H](C)[C@H]2C)c(C)c1. The van der Waals surface area contributed by atoms with E-state index in [1.165, 1.54) is 44.8 Å². The van der Waals surface area contributed by atoms with Crippen molar-refractivity contribution in [3.8, 4) is 0 Å². The second-order valence-electron chi connectivity index (χ2n) is 8.42. The fraction of sp³-hybridized carbons (Fsp3) is 0.500. The zero-order chi connectivity index (χ0) is 19.3. The molecule has 1 saturated heterocycles. The maximum absolute atomic E-state index is 2.63. The summed E-state index contributed by atoms with van der Waals surface area (Å²) in [5, 5.41) is 0. The zero-order valence-corrected chi connectivity index (χ0v) is 17.9. The molecule has 2 aromatic carbocycles. The predicted molar refractivity (Wildman–Crippen MR) is 115 cm³/mol. The van der Waals surface area contributed by atoms with Crippen LogP contribution < -0.4 is 9.80 Å². The van der Waals surface area contributed by atoms with Gasteiger partial charge in [-0.1, -0.05) is 35.4 Å². The Bertz CT molecular complexity index is 721. The highest BCUT2D eigenvalue weighted by Crippen LogP contribution is 2.41. The molecule has 1 aliphatic rings. The van der Waals surface area contributed by atoms with Gasteiger partial charge in [0.05, 0.1) is 6.17 Å². The first-order chi connectivity index (χ1) is 12.1. The molecule has 0 saturated carbocycles. The molecule has 1 fully saturated rings. The van der Waals surface area contributed by atoms with Gasteiger partial charge >= 0.3 is 0 Å². The van der Waals surface area contributed by atoms with Crippen molar-refractivity contribution in [1.82, 2.24) is 0 Å². The van der Waals surface area contributed by atoms with Crippen LogP contribution in [-0.4, -0.2) is 18.2 Å². The largest absolute Gasteiger partial charge is 0.346 e. The van der Waals surface area contributed by atoms with E-state index in [4.69, 9.17) is 0 Å². The Morgan fingerprint density at radius 3 is 1.08 bits per heavy atom. The molecule has 0 aliphatic carbocycles. The van der Waals surface area contributed by atoms with Crippen molar-refractivity contribution in [2.24, 2.45) is 0 Å². The van der Waals surface area contributed by atoms with Gasteiger partial charge in [0.15, 0.2) is 0 Å². The van der Waals surface area contributed by atoms with Gasteiger partial charge in [0, 0.05) is 23.5 Å². The monoisotopic (exact) mass is 350 g/mol. The summed E-state index contributed by atoms with van der Waals surface area (Å²) in [4.78, 5) is 5.26. The first-order valence-electron chi connectivity index (χ1n) is 9.85. The van der Waals surface area contributed by atoms with Gasteiger partial charge in [0.1, 0.15) is 0 Å². The second kappa shape index (κ2) is 6.64. The van der Waals surface area contributed by atoms with E-state index >= 15 is 0 Å². The molecule has 140 valence electrons. The average Bonchev–Trinajstić information content (AvgIpc) is 2.71. The van der Waals surface area contributed by atoms with Gasteiger partial charge in [0.2, 0.25) is 0 Å². The van der Waals surface area contributed by atoms with Crippen molar-refractivity contribution < 1.29 is 0 Å². The van der Waals surface area contributed by atoms with Crippen LogP contribution in [0.2, 0.25) is 0 Å². The minimum Gasteiger partial charge on any atom is -0.346 e. The lowest BCUT2D eigenvalue weighted by atomic mass is 10.0. The lowest BCUT2D eigenvalue weighted by Crippen LogP contribution is -2.39. The molecule has 2 atom stereocenters. The smallest absolute Gasteiger partial charge is 0.0994 e. The van der Waals surface area contributed by atoms with Crippen LogP contribution >= 0.6 is 0 Å². The number of rotatable bonds is 2. The second-order valence-corrected chi connectivity index (χ2v) is 8.42. The molecule has 0 unspecified atom stereocenters. The molecular weight excluding hydrogens is 316 g/mol. The van der Waals surface area contributed by atoms with E-state index in [1.807, 2.05) is 0 Å². The molecule has 0 bridgehead atoms. The van der Waals surface area contributed by atoms with Gasteiger partial charge in [-0.25, -0.2) is 0 Å². The topological polar surface area (TPSA) is 6.48 Å². The fourth-order valence-electron chi connectivity index (χ4n) is 5.22. The summed E-state index contributed by atoms with van der Waals surface area (Å²) in [6.07, 6.45) is 0.334. The van der Waals surface area contributed by atoms with Gasteiger partial charge in [-0.3, -0.25) is 0 Å². The highest BCUT2D eigenvalue weighted by molar-refractivity contribution is 5.69. The summed E-state index contributed by atoms with van der Waals surface area (Å²) in [6, 6.07) is 10.2. The van der Waals surface area contributed by atoms with Crippen LogP contribution in [0.25, 0.3) is 0 Å². The number of hydrogen-bond donors (Lipinski definition) is 0. The van der Waals surface area contributed by atoms with E-state index in [-0.39, 0.29) is 0 Å². The third-order valence-electron chi connectivity index (χ3n) is 6.17. The lowest BCUT2D eigenvalue weighted by molar-refractivity contribution is 0.643. The summed E-state index contributed by atoms with van der Waals surface area (Å²) in [5.41, 5.74) is 11.0. The van der Waals surface area contributed by atoms with Crippen LogP contribution in [0.5, 0.6) is 0 Å². The molecule has 2 nitrogen and oxygen atoms in total. The Kier molecular flexibility index (Phi) is 4.81. The lowest BCUT2D eigenvalue weighted by Gasteiger charge is -2.35.